The maximum Gasteiger partial charge on any atom is 0.258 e. The number of hydrogen-bond acceptors (Lipinski definition) is 7. The van der Waals surface area contributed by atoms with Crippen molar-refractivity contribution in [1.29, 1.82) is 0 Å². The third-order valence-corrected chi connectivity index (χ3v) is 7.24. The molecule has 3 heterocycles. The number of rotatable bonds is 4. The van der Waals surface area contributed by atoms with E-state index in [0.29, 0.717) is 44.0 Å². The van der Waals surface area contributed by atoms with Gasteiger partial charge in [-0.1, -0.05) is 12.1 Å². The largest absolute Gasteiger partial charge is 0.493 e. The maximum absolute atomic E-state index is 13.7. The van der Waals surface area contributed by atoms with E-state index in [1.54, 1.807) is 17.0 Å². The minimum atomic E-state index is -0.648. The first kappa shape index (κ1) is 26.4. The zero-order chi connectivity index (χ0) is 25.7. The van der Waals surface area contributed by atoms with Gasteiger partial charge in [0.25, 0.3) is 5.91 Å². The van der Waals surface area contributed by atoms with Crippen molar-refractivity contribution in [3.05, 3.63) is 29.8 Å². The lowest BCUT2D eigenvalue weighted by Crippen LogP contribution is -2.63. The minimum Gasteiger partial charge on any atom is -0.493 e. The molecule has 10 nitrogen and oxygen atoms in total. The van der Waals surface area contributed by atoms with Gasteiger partial charge in [0.15, 0.2) is 0 Å². The maximum atomic E-state index is 13.7. The van der Waals surface area contributed by atoms with Gasteiger partial charge in [-0.2, -0.15) is 0 Å². The summed E-state index contributed by atoms with van der Waals surface area (Å²) in [5, 5.41) is 6.01. The molecule has 36 heavy (non-hydrogen) atoms. The molecule has 4 rings (SSSR count). The molecule has 1 aromatic carbocycles. The van der Waals surface area contributed by atoms with Crippen molar-refractivity contribution in [2.24, 2.45) is 0 Å². The first-order valence-corrected chi connectivity index (χ1v) is 12.9. The van der Waals surface area contributed by atoms with Crippen LogP contribution < -0.4 is 15.4 Å². The SMILES string of the molecule is COCC(=O)N[C@@H]1CC[C@H]2CCOc3ccccc3C(=O)N3CCN(C(C)C)C[C@H]3C(=O)NC[C@H]1O2. The van der Waals surface area contributed by atoms with E-state index >= 15 is 0 Å². The van der Waals surface area contributed by atoms with Gasteiger partial charge in [-0.25, -0.2) is 0 Å². The third-order valence-electron chi connectivity index (χ3n) is 7.24. The lowest BCUT2D eigenvalue weighted by molar-refractivity contribution is -0.132. The van der Waals surface area contributed by atoms with Crippen molar-refractivity contribution in [2.45, 2.75) is 63.4 Å². The van der Waals surface area contributed by atoms with E-state index < -0.39 is 12.1 Å². The molecule has 198 valence electrons. The first-order chi connectivity index (χ1) is 17.4. The van der Waals surface area contributed by atoms with Gasteiger partial charge >= 0.3 is 0 Å². The van der Waals surface area contributed by atoms with Crippen molar-refractivity contribution < 1.29 is 28.6 Å². The molecule has 0 unspecified atom stereocenters. The number of nitrogens with zero attached hydrogens (tertiary/aromatic N) is 2. The predicted octanol–water partition coefficient (Wildman–Crippen LogP) is 0.799. The average molecular weight is 503 g/mol. The summed E-state index contributed by atoms with van der Waals surface area (Å²) in [6.45, 7) is 6.37. The van der Waals surface area contributed by atoms with E-state index in [2.05, 4.69) is 29.4 Å². The van der Waals surface area contributed by atoms with Crippen LogP contribution in [-0.4, -0.2) is 104 Å². The molecule has 3 amide bonds. The Labute approximate surface area is 212 Å². The van der Waals surface area contributed by atoms with Crippen LogP contribution in [0.5, 0.6) is 5.75 Å². The van der Waals surface area contributed by atoms with Crippen LogP contribution in [0, 0.1) is 0 Å². The third kappa shape index (κ3) is 6.16. The highest BCUT2D eigenvalue weighted by Gasteiger charge is 2.39. The van der Waals surface area contributed by atoms with E-state index in [4.69, 9.17) is 14.2 Å². The zero-order valence-corrected chi connectivity index (χ0v) is 21.4. The van der Waals surface area contributed by atoms with Crippen LogP contribution in [0.3, 0.4) is 0 Å². The van der Waals surface area contributed by atoms with Crippen LogP contribution in [0.15, 0.2) is 24.3 Å². The number of para-hydroxylation sites is 1. The molecule has 0 saturated carbocycles. The van der Waals surface area contributed by atoms with Crippen LogP contribution in [0.1, 0.15) is 43.5 Å². The Balaban J connectivity index is 1.60. The summed E-state index contributed by atoms with van der Waals surface area (Å²) in [6.07, 6.45) is 1.66. The Bertz CT molecular complexity index is 941. The number of piperazine rings is 1. The Hall–Kier alpha value is -2.69. The summed E-state index contributed by atoms with van der Waals surface area (Å²) >= 11 is 0. The molecule has 2 saturated heterocycles. The highest BCUT2D eigenvalue weighted by atomic mass is 16.5. The molecule has 1 aromatic rings. The van der Waals surface area contributed by atoms with E-state index in [-0.39, 0.29) is 49.1 Å². The Morgan fingerprint density at radius 3 is 2.78 bits per heavy atom. The van der Waals surface area contributed by atoms with Crippen molar-refractivity contribution >= 4 is 17.7 Å². The highest BCUT2D eigenvalue weighted by Crippen LogP contribution is 2.26. The number of nitrogens with one attached hydrogen (secondary N) is 2. The molecule has 0 aromatic heterocycles. The second-order valence-corrected chi connectivity index (χ2v) is 9.96. The summed E-state index contributed by atoms with van der Waals surface area (Å²) in [4.78, 5) is 43.2. The molecule has 2 fully saturated rings. The van der Waals surface area contributed by atoms with Crippen molar-refractivity contribution in [2.75, 3.05) is 46.5 Å². The number of carbonyl (C=O) groups is 3. The quantitative estimate of drug-likeness (QED) is 0.627. The van der Waals surface area contributed by atoms with Crippen molar-refractivity contribution in [3.8, 4) is 5.75 Å². The van der Waals surface area contributed by atoms with Gasteiger partial charge < -0.3 is 29.7 Å². The van der Waals surface area contributed by atoms with E-state index in [9.17, 15) is 14.4 Å². The average Bonchev–Trinajstić information content (AvgIpc) is 2.87. The summed E-state index contributed by atoms with van der Waals surface area (Å²) in [7, 11) is 1.48. The standard InChI is InChI=1S/C26H38N4O6/c1-17(2)29-11-12-30-21(15-29)25(32)27-14-23-20(28-24(31)16-34-3)9-8-18(36-23)10-13-35-22-7-5-4-6-19(22)26(30)33/h4-7,17-18,20-21,23H,8-16H2,1-3H3,(H,27,32)(H,28,31)/t18-,20+,21-,23+/m0/s1. The first-order valence-electron chi connectivity index (χ1n) is 12.9. The topological polar surface area (TPSA) is 109 Å². The summed E-state index contributed by atoms with van der Waals surface area (Å²) in [6, 6.07) is 6.58. The number of amides is 3. The number of ether oxygens (including phenoxy) is 3. The molecule has 3 aliphatic heterocycles. The van der Waals surface area contributed by atoms with E-state index in [1.165, 1.54) is 7.11 Å². The number of benzene rings is 1. The normalized spacial score (nSPS) is 27.8. The van der Waals surface area contributed by atoms with Gasteiger partial charge in [-0.15, -0.1) is 0 Å². The van der Waals surface area contributed by atoms with E-state index in [0.717, 1.165) is 12.8 Å². The molecule has 3 aliphatic rings. The van der Waals surface area contributed by atoms with Crippen LogP contribution in [-0.2, 0) is 19.1 Å². The fourth-order valence-corrected chi connectivity index (χ4v) is 5.19. The molecule has 2 bridgehead atoms. The number of carbonyl (C=O) groups excluding carboxylic acids is 3. The van der Waals surface area contributed by atoms with Crippen LogP contribution in [0.4, 0.5) is 0 Å². The number of methoxy groups -OCH3 is 1. The lowest BCUT2D eigenvalue weighted by atomic mass is 9.96. The van der Waals surface area contributed by atoms with Crippen molar-refractivity contribution in [1.82, 2.24) is 20.4 Å². The predicted molar refractivity (Wildman–Crippen MR) is 133 cm³/mol. The summed E-state index contributed by atoms with van der Waals surface area (Å²) in [5.74, 6) is -0.127. The smallest absolute Gasteiger partial charge is 0.258 e. The zero-order valence-electron chi connectivity index (χ0n) is 21.4. The van der Waals surface area contributed by atoms with Gasteiger partial charge in [-0.05, 0) is 38.8 Å². The molecule has 0 radical (unpaired) electrons. The minimum absolute atomic E-state index is 0.0313. The van der Waals surface area contributed by atoms with E-state index in [1.807, 2.05) is 12.1 Å². The Morgan fingerprint density at radius 1 is 1.19 bits per heavy atom. The van der Waals surface area contributed by atoms with Crippen molar-refractivity contribution in [3.63, 3.8) is 0 Å². The monoisotopic (exact) mass is 502 g/mol. The second kappa shape index (κ2) is 12.0. The van der Waals surface area contributed by atoms with Gasteiger partial charge in [-0.3, -0.25) is 19.3 Å². The summed E-state index contributed by atoms with van der Waals surface area (Å²) < 4.78 is 17.3. The Morgan fingerprint density at radius 2 is 2.00 bits per heavy atom. The van der Waals surface area contributed by atoms with Gasteiger partial charge in [0, 0.05) is 45.8 Å². The summed E-state index contributed by atoms with van der Waals surface area (Å²) in [5.41, 5.74) is 0.466. The highest BCUT2D eigenvalue weighted by molar-refractivity contribution is 6.00. The fourth-order valence-electron chi connectivity index (χ4n) is 5.19. The van der Waals surface area contributed by atoms with Crippen LogP contribution in [0.25, 0.3) is 0 Å². The fraction of sp³-hybridized carbons (Fsp3) is 0.654. The molecule has 2 N–H and O–H groups in total. The molecule has 4 atom stereocenters. The number of fused-ring (bicyclic) bond motifs is 4. The van der Waals surface area contributed by atoms with Crippen LogP contribution >= 0.6 is 0 Å². The van der Waals surface area contributed by atoms with Crippen LogP contribution in [0.2, 0.25) is 0 Å². The Kier molecular flexibility index (Phi) is 8.81. The van der Waals surface area contributed by atoms with Gasteiger partial charge in [0.2, 0.25) is 11.8 Å². The molecule has 10 heteroatoms. The molecule has 0 aliphatic carbocycles. The molecular weight excluding hydrogens is 464 g/mol. The molecular formula is C26H38N4O6. The number of hydrogen-bond donors (Lipinski definition) is 2. The van der Waals surface area contributed by atoms with Gasteiger partial charge in [0.1, 0.15) is 18.4 Å². The molecule has 0 spiro atoms. The van der Waals surface area contributed by atoms with Gasteiger partial charge in [0.05, 0.1) is 30.4 Å². The lowest BCUT2D eigenvalue weighted by Gasteiger charge is -2.43. The second-order valence-electron chi connectivity index (χ2n) is 9.96.